The fourth-order valence-electron chi connectivity index (χ4n) is 4.94. The molecule has 224 valence electrons. The van der Waals surface area contributed by atoms with Gasteiger partial charge in [0.25, 0.3) is 5.56 Å². The number of carbonyl (C=O) groups is 1. The van der Waals surface area contributed by atoms with Gasteiger partial charge in [0.05, 0.1) is 41.7 Å². The number of benzene rings is 3. The maximum Gasteiger partial charge on any atom is 0.338 e. The monoisotopic (exact) mass is 608 g/mol. The number of aromatic nitrogens is 1. The Hall–Kier alpha value is -5.07. The minimum atomic E-state index is -0.781. The van der Waals surface area contributed by atoms with Gasteiger partial charge in [-0.15, -0.1) is 6.42 Å². The van der Waals surface area contributed by atoms with Crippen LogP contribution in [0.25, 0.3) is 11.8 Å². The van der Waals surface area contributed by atoms with Crippen molar-refractivity contribution >= 4 is 29.1 Å². The maximum absolute atomic E-state index is 14.2. The standard InChI is InChI=1S/C35H32N2O6S/c1-5-20-43-27-19-14-23(21-28(27)41-7-3)22-29-33(38)37-32(25-15-17-26(18-16-25)40-6-2)30(34(39)42-8-4)31(36-35(37)44-29)24-12-10-9-11-13-24/h1,9-19,21-22,32H,6-8,20H2,2-4H3/b29-22-/t32-/m1/s1. The number of carbonyl (C=O) groups excluding carboxylic acids is 1. The van der Waals surface area contributed by atoms with E-state index in [0.717, 1.165) is 16.7 Å². The van der Waals surface area contributed by atoms with E-state index in [1.54, 1.807) is 29.7 Å². The van der Waals surface area contributed by atoms with Crippen molar-refractivity contribution in [1.82, 2.24) is 4.57 Å². The summed E-state index contributed by atoms with van der Waals surface area (Å²) < 4.78 is 24.6. The van der Waals surface area contributed by atoms with E-state index in [1.807, 2.05) is 74.5 Å². The molecule has 0 spiro atoms. The number of rotatable bonds is 11. The average molecular weight is 609 g/mol. The van der Waals surface area contributed by atoms with Crippen molar-refractivity contribution in [2.75, 3.05) is 26.4 Å². The molecule has 8 nitrogen and oxygen atoms in total. The summed E-state index contributed by atoms with van der Waals surface area (Å²) >= 11 is 1.25. The highest BCUT2D eigenvalue weighted by Crippen LogP contribution is 2.36. The molecule has 4 aromatic rings. The lowest BCUT2D eigenvalue weighted by atomic mass is 9.93. The Morgan fingerprint density at radius 3 is 2.39 bits per heavy atom. The van der Waals surface area contributed by atoms with Crippen LogP contribution in [0.2, 0.25) is 0 Å². The Morgan fingerprint density at radius 1 is 0.955 bits per heavy atom. The molecular weight excluding hydrogens is 576 g/mol. The van der Waals surface area contributed by atoms with Crippen LogP contribution in [0.3, 0.4) is 0 Å². The van der Waals surface area contributed by atoms with Gasteiger partial charge >= 0.3 is 5.97 Å². The summed E-state index contributed by atoms with van der Waals surface area (Å²) in [5.74, 6) is 3.65. The van der Waals surface area contributed by atoms with Gasteiger partial charge in [-0.3, -0.25) is 9.36 Å². The highest BCUT2D eigenvalue weighted by molar-refractivity contribution is 7.07. The second-order valence-corrected chi connectivity index (χ2v) is 10.6. The summed E-state index contributed by atoms with van der Waals surface area (Å²) in [7, 11) is 0. The zero-order valence-corrected chi connectivity index (χ0v) is 25.6. The van der Waals surface area contributed by atoms with E-state index < -0.39 is 12.0 Å². The predicted octanol–water partition coefficient (Wildman–Crippen LogP) is 4.75. The fraction of sp³-hybridized carbons (Fsp3) is 0.229. The Bertz CT molecular complexity index is 1900. The maximum atomic E-state index is 14.2. The van der Waals surface area contributed by atoms with Gasteiger partial charge in [0.2, 0.25) is 0 Å². The summed E-state index contributed by atoms with van der Waals surface area (Å²) in [6.45, 7) is 6.77. The van der Waals surface area contributed by atoms with E-state index in [9.17, 15) is 9.59 Å². The zero-order chi connectivity index (χ0) is 31.1. The molecule has 0 unspecified atom stereocenters. The number of ether oxygens (including phenoxy) is 4. The molecule has 9 heteroatoms. The molecule has 0 fully saturated rings. The van der Waals surface area contributed by atoms with Gasteiger partial charge in [0.15, 0.2) is 16.3 Å². The second-order valence-electron chi connectivity index (χ2n) is 9.57. The van der Waals surface area contributed by atoms with Crippen LogP contribution >= 0.6 is 11.3 Å². The van der Waals surface area contributed by atoms with Gasteiger partial charge < -0.3 is 18.9 Å². The molecule has 5 rings (SSSR count). The molecule has 0 saturated carbocycles. The molecule has 0 bridgehead atoms. The van der Waals surface area contributed by atoms with Crippen molar-refractivity contribution < 1.29 is 23.7 Å². The Balaban J connectivity index is 1.73. The summed E-state index contributed by atoms with van der Waals surface area (Å²) in [4.78, 5) is 33.2. The number of hydrogen-bond acceptors (Lipinski definition) is 8. The van der Waals surface area contributed by atoms with Crippen LogP contribution in [0, 0.1) is 12.3 Å². The molecule has 2 heterocycles. The first-order valence-corrected chi connectivity index (χ1v) is 15.1. The van der Waals surface area contributed by atoms with Crippen molar-refractivity contribution in [2.24, 2.45) is 4.99 Å². The first-order valence-electron chi connectivity index (χ1n) is 14.3. The number of hydrogen-bond donors (Lipinski definition) is 0. The zero-order valence-electron chi connectivity index (χ0n) is 24.7. The van der Waals surface area contributed by atoms with Gasteiger partial charge in [0, 0.05) is 5.56 Å². The molecule has 0 radical (unpaired) electrons. The minimum Gasteiger partial charge on any atom is -0.494 e. The largest absolute Gasteiger partial charge is 0.494 e. The molecule has 0 saturated heterocycles. The number of terminal acetylenes is 1. The van der Waals surface area contributed by atoms with E-state index in [2.05, 4.69) is 5.92 Å². The van der Waals surface area contributed by atoms with Gasteiger partial charge in [0.1, 0.15) is 12.4 Å². The molecule has 1 atom stereocenters. The highest BCUT2D eigenvalue weighted by Gasteiger charge is 2.35. The lowest BCUT2D eigenvalue weighted by Crippen LogP contribution is -2.40. The number of nitrogens with zero attached hydrogens (tertiary/aromatic N) is 2. The van der Waals surface area contributed by atoms with Crippen molar-refractivity contribution in [1.29, 1.82) is 0 Å². The first kappa shape index (κ1) is 30.4. The van der Waals surface area contributed by atoms with Crippen molar-refractivity contribution in [2.45, 2.75) is 26.8 Å². The van der Waals surface area contributed by atoms with E-state index in [-0.39, 0.29) is 24.3 Å². The second kappa shape index (κ2) is 13.9. The van der Waals surface area contributed by atoms with Crippen LogP contribution in [0.4, 0.5) is 0 Å². The first-order chi connectivity index (χ1) is 21.5. The smallest absolute Gasteiger partial charge is 0.338 e. The molecule has 1 aliphatic heterocycles. The Kier molecular flexibility index (Phi) is 9.62. The molecule has 1 aliphatic rings. The summed E-state index contributed by atoms with van der Waals surface area (Å²) in [5.41, 5.74) is 2.66. The van der Waals surface area contributed by atoms with Crippen LogP contribution in [0.5, 0.6) is 17.2 Å². The molecule has 1 aromatic heterocycles. The molecule has 44 heavy (non-hydrogen) atoms. The van der Waals surface area contributed by atoms with Gasteiger partial charge in [-0.1, -0.05) is 65.8 Å². The van der Waals surface area contributed by atoms with Crippen molar-refractivity contribution in [3.8, 4) is 29.6 Å². The van der Waals surface area contributed by atoms with Crippen molar-refractivity contribution in [3.05, 3.63) is 115 Å². The minimum absolute atomic E-state index is 0.107. The molecular formula is C35H32N2O6S. The van der Waals surface area contributed by atoms with Crippen LogP contribution in [-0.4, -0.2) is 37.0 Å². The van der Waals surface area contributed by atoms with Crippen LogP contribution in [0.15, 0.2) is 88.2 Å². The van der Waals surface area contributed by atoms with Gasteiger partial charge in [-0.2, -0.15) is 0 Å². The number of thiazole rings is 1. The van der Waals surface area contributed by atoms with Gasteiger partial charge in [-0.25, -0.2) is 9.79 Å². The molecule has 3 aromatic carbocycles. The fourth-order valence-corrected chi connectivity index (χ4v) is 5.94. The molecule has 0 N–H and O–H groups in total. The lowest BCUT2D eigenvalue weighted by Gasteiger charge is -2.26. The number of fused-ring (bicyclic) bond motifs is 1. The molecule has 0 amide bonds. The summed E-state index contributed by atoms with van der Waals surface area (Å²) in [6.07, 6.45) is 7.14. The van der Waals surface area contributed by atoms with Gasteiger partial charge in [-0.05, 0) is 62.2 Å². The van der Waals surface area contributed by atoms with E-state index in [0.29, 0.717) is 45.5 Å². The average Bonchev–Trinajstić information content (AvgIpc) is 3.35. The quantitative estimate of drug-likeness (QED) is 0.181. The normalized spacial score (nSPS) is 14.3. The van der Waals surface area contributed by atoms with Crippen molar-refractivity contribution in [3.63, 3.8) is 0 Å². The summed E-state index contributed by atoms with van der Waals surface area (Å²) in [5, 5.41) is 0. The van der Waals surface area contributed by atoms with E-state index in [1.165, 1.54) is 11.3 Å². The van der Waals surface area contributed by atoms with Crippen LogP contribution in [0.1, 0.15) is 43.5 Å². The van der Waals surface area contributed by atoms with Crippen LogP contribution < -0.4 is 29.1 Å². The van der Waals surface area contributed by atoms with Crippen LogP contribution in [-0.2, 0) is 9.53 Å². The topological polar surface area (TPSA) is 88.4 Å². The van der Waals surface area contributed by atoms with E-state index >= 15 is 0 Å². The third-order valence-corrected chi connectivity index (χ3v) is 7.74. The molecule has 0 aliphatic carbocycles. The third kappa shape index (κ3) is 6.31. The summed E-state index contributed by atoms with van der Waals surface area (Å²) in [6, 6.07) is 21.5. The predicted molar refractivity (Wildman–Crippen MR) is 171 cm³/mol. The van der Waals surface area contributed by atoms with E-state index in [4.69, 9.17) is 30.4 Å². The third-order valence-electron chi connectivity index (χ3n) is 6.76. The SMILES string of the molecule is C#CCOc1ccc(/C=c2\sc3n(c2=O)[C@H](c2ccc(OCC)cc2)C(C(=O)OCC)=C(c2ccccc2)N=3)cc1OCC. The number of esters is 1. The Labute approximate surface area is 259 Å². The lowest BCUT2D eigenvalue weighted by molar-refractivity contribution is -0.138. The highest BCUT2D eigenvalue weighted by atomic mass is 32.1. The Morgan fingerprint density at radius 2 is 1.70 bits per heavy atom.